The summed E-state index contributed by atoms with van der Waals surface area (Å²) in [6.45, 7) is 7.32. The molecule has 4 aliphatic rings. The molecule has 0 N–H and O–H groups in total. The van der Waals surface area contributed by atoms with E-state index in [0.29, 0.717) is 0 Å². The minimum absolute atomic E-state index is 0. The fourth-order valence-corrected chi connectivity index (χ4v) is 4.15. The molecule has 0 heterocycles. The fourth-order valence-electron chi connectivity index (χ4n) is 4.15. The van der Waals surface area contributed by atoms with Gasteiger partial charge in [0.2, 0.25) is 0 Å². The Labute approximate surface area is 238 Å². The van der Waals surface area contributed by atoms with Crippen molar-refractivity contribution < 1.29 is 23.3 Å². The van der Waals surface area contributed by atoms with Crippen LogP contribution in [-0.2, 0) is 29.8 Å². The number of allylic oxidation sites excluding steroid dienone is 4. The molecule has 2 aromatic carbocycles. The monoisotopic (exact) mass is 586 g/mol. The molecule has 0 amide bonds. The Kier molecular flexibility index (Phi) is 20.5. The maximum atomic E-state index is 3.45. The molecule has 4 heteroatoms. The van der Waals surface area contributed by atoms with Gasteiger partial charge in [-0.1, -0.05) is 61.9 Å². The van der Waals surface area contributed by atoms with Crippen molar-refractivity contribution in [3.8, 4) is 11.1 Å². The Bertz CT molecular complexity index is 783. The van der Waals surface area contributed by atoms with Crippen LogP contribution < -0.4 is 0 Å². The number of halogens is 2. The van der Waals surface area contributed by atoms with Crippen LogP contribution in [0.4, 0.5) is 0 Å². The average Bonchev–Trinajstić information content (AvgIpc) is 3.63. The molecule has 2 radical (unpaired) electrons. The summed E-state index contributed by atoms with van der Waals surface area (Å²) >= 11 is 1.36. The van der Waals surface area contributed by atoms with Gasteiger partial charge in [-0.05, 0) is 18.9 Å². The van der Waals surface area contributed by atoms with E-state index in [4.69, 9.17) is 0 Å². The van der Waals surface area contributed by atoms with Crippen LogP contribution in [0.25, 0.3) is 11.1 Å². The molecule has 0 bridgehead atoms. The first-order chi connectivity index (χ1) is 15.7. The number of fused-ring (bicyclic) bond motifs is 3. The minimum atomic E-state index is 0. The summed E-state index contributed by atoms with van der Waals surface area (Å²) in [4.78, 5) is 0. The topological polar surface area (TPSA) is 0 Å². The maximum absolute atomic E-state index is 3.45. The first-order valence-electron chi connectivity index (χ1n) is 12.0. The van der Waals surface area contributed by atoms with Gasteiger partial charge in [0.1, 0.15) is 0 Å². The van der Waals surface area contributed by atoms with E-state index in [1.807, 2.05) is 12.2 Å². The normalized spacial score (nSPS) is 15.2. The van der Waals surface area contributed by atoms with Gasteiger partial charge in [0, 0.05) is 0 Å². The summed E-state index contributed by atoms with van der Waals surface area (Å²) < 4.78 is 0. The van der Waals surface area contributed by atoms with Crippen LogP contribution >= 0.6 is 24.8 Å². The molecule has 2 fully saturated rings. The summed E-state index contributed by atoms with van der Waals surface area (Å²) in [5.74, 6) is 0. The number of hydrogen-bond donors (Lipinski definition) is 0. The molecule has 2 aromatic rings. The van der Waals surface area contributed by atoms with Crippen molar-refractivity contribution in [2.75, 3.05) is 0 Å². The van der Waals surface area contributed by atoms with Crippen LogP contribution in [0, 0.1) is 38.8 Å². The second-order valence-electron chi connectivity index (χ2n) is 8.52. The van der Waals surface area contributed by atoms with Crippen LogP contribution in [0.5, 0.6) is 0 Å². The average molecular weight is 589 g/mol. The van der Waals surface area contributed by atoms with E-state index in [-0.39, 0.29) is 24.8 Å². The van der Waals surface area contributed by atoms with Crippen molar-refractivity contribution in [3.05, 3.63) is 95.8 Å². The quantitative estimate of drug-likeness (QED) is 0.182. The van der Waals surface area contributed by atoms with Crippen LogP contribution in [0.1, 0.15) is 80.0 Å². The molecule has 4 aliphatic carbocycles. The second kappa shape index (κ2) is 20.8. The fraction of sp³-hybridized carbons (Fsp3) is 0.400. The molecule has 0 aliphatic heterocycles. The third kappa shape index (κ3) is 12.5. The molecule has 0 spiro atoms. The van der Waals surface area contributed by atoms with Gasteiger partial charge >= 0.3 is 30.2 Å². The predicted molar refractivity (Wildman–Crippen MR) is 150 cm³/mol. The van der Waals surface area contributed by atoms with Crippen molar-refractivity contribution in [3.63, 3.8) is 0 Å². The molecular weight excluding hydrogens is 551 g/mol. The Hall–Kier alpha value is -0.400. The van der Waals surface area contributed by atoms with E-state index >= 15 is 0 Å². The zero-order valence-corrected chi connectivity index (χ0v) is 25.8. The van der Waals surface area contributed by atoms with Crippen molar-refractivity contribution in [1.29, 1.82) is 0 Å². The van der Waals surface area contributed by atoms with Crippen molar-refractivity contribution in [2.45, 2.75) is 78.1 Å². The van der Waals surface area contributed by atoms with Gasteiger partial charge in [-0.2, -0.15) is 55.5 Å². The van der Waals surface area contributed by atoms with E-state index in [1.54, 1.807) is 0 Å². The zero-order valence-electron chi connectivity index (χ0n) is 20.7. The van der Waals surface area contributed by atoms with Gasteiger partial charge in [-0.25, -0.2) is 12.2 Å². The van der Waals surface area contributed by atoms with Gasteiger partial charge in [-0.3, -0.25) is 6.08 Å². The van der Waals surface area contributed by atoms with Crippen LogP contribution in [0.3, 0.4) is 0 Å². The summed E-state index contributed by atoms with van der Waals surface area (Å²) in [6.07, 6.45) is 27.0. The van der Waals surface area contributed by atoms with Crippen LogP contribution in [-0.4, -0.2) is 6.88 Å². The summed E-state index contributed by atoms with van der Waals surface area (Å²) in [5.41, 5.74) is 8.15. The van der Waals surface area contributed by atoms with Crippen molar-refractivity contribution in [1.82, 2.24) is 0 Å². The Morgan fingerprint density at radius 1 is 0.824 bits per heavy atom. The third-order valence-corrected chi connectivity index (χ3v) is 5.81. The predicted octanol–water partition coefficient (Wildman–Crippen LogP) is 8.97. The first kappa shape index (κ1) is 33.6. The van der Waals surface area contributed by atoms with Crippen molar-refractivity contribution >= 4 is 31.7 Å². The third-order valence-electron chi connectivity index (χ3n) is 5.81. The Morgan fingerprint density at radius 3 is 1.85 bits per heavy atom. The van der Waals surface area contributed by atoms with Gasteiger partial charge < -0.3 is 12.8 Å². The van der Waals surface area contributed by atoms with E-state index in [1.165, 1.54) is 108 Å². The van der Waals surface area contributed by atoms with E-state index in [9.17, 15) is 0 Å². The molecule has 2 saturated carbocycles. The number of hydrogen-bond acceptors (Lipinski definition) is 0. The summed E-state index contributed by atoms with van der Waals surface area (Å²) in [5, 5.41) is 0. The van der Waals surface area contributed by atoms with Gasteiger partial charge in [0.05, 0.1) is 0 Å². The summed E-state index contributed by atoms with van der Waals surface area (Å²) in [7, 11) is 0. The zero-order chi connectivity index (χ0) is 23.0. The molecule has 0 aromatic heterocycles. The van der Waals surface area contributed by atoms with Gasteiger partial charge in [0.25, 0.3) is 0 Å². The van der Waals surface area contributed by atoms with Crippen LogP contribution in [0.15, 0.2) is 48.6 Å². The number of rotatable bonds is 0. The molecule has 0 saturated heterocycles. The number of aryl methyl sites for hydroxylation is 2. The molecule has 0 nitrogen and oxygen atoms in total. The van der Waals surface area contributed by atoms with Gasteiger partial charge in [0.15, 0.2) is 0 Å². The van der Waals surface area contributed by atoms with E-state index in [0.717, 1.165) is 12.8 Å². The summed E-state index contributed by atoms with van der Waals surface area (Å²) in [6, 6.07) is 14.5. The molecule has 34 heavy (non-hydrogen) atoms. The molecule has 0 atom stereocenters. The Balaban J connectivity index is 0.000000476. The van der Waals surface area contributed by atoms with Crippen molar-refractivity contribution in [2.24, 2.45) is 0 Å². The molecule has 6 rings (SSSR count). The SMILES string of the molecule is Cc1[c-]c2c(cc1)-c1ccc(C)cc1C2.Cl.Cl.[C-]1=CC=CC1.[CH-]1CCCC1.[CH-]1CCCC1.[Si]=[Zr]. The first-order valence-corrected chi connectivity index (χ1v) is 16.1. The standard InChI is InChI=1S/C15H13.2C5H9.C5H5.2ClH.Si.Zr/c1-10-3-5-14-12(7-10)9-13-8-11(2)4-6-15(13)14;3*1-2-4-5-3-1;;;;/h3-7H,9H2,1-2H3;2*1H,2-5H2;1-3H,4H2;2*1H;;/q4*-1;;;;. The van der Waals surface area contributed by atoms with Crippen LogP contribution in [0.2, 0.25) is 0 Å². The van der Waals surface area contributed by atoms with Gasteiger partial charge in [-0.15, -0.1) is 42.4 Å². The molecular formula is C30H38Cl2SiZr-4. The molecule has 184 valence electrons. The van der Waals surface area contributed by atoms with E-state index in [2.05, 4.69) is 82.1 Å². The second-order valence-corrected chi connectivity index (χ2v) is 8.52. The number of benzene rings is 2. The molecule has 0 unspecified atom stereocenters. The Morgan fingerprint density at radius 2 is 1.41 bits per heavy atom. The van der Waals surface area contributed by atoms with E-state index < -0.39 is 0 Å².